The number of aromatic hydroxyl groups is 1. The molecule has 0 fully saturated rings. The summed E-state index contributed by atoms with van der Waals surface area (Å²) >= 11 is 0. The van der Waals surface area contributed by atoms with Gasteiger partial charge in [0.2, 0.25) is 5.91 Å². The Kier molecular flexibility index (Phi) is 11.6. The van der Waals surface area contributed by atoms with Crippen LogP contribution in [0.5, 0.6) is 11.5 Å². The van der Waals surface area contributed by atoms with Crippen LogP contribution in [0.25, 0.3) is 6.08 Å². The highest BCUT2D eigenvalue weighted by atomic mass is 16.5. The lowest BCUT2D eigenvalue weighted by molar-refractivity contribution is -0.116. The van der Waals surface area contributed by atoms with Crippen LogP contribution in [0, 0.1) is 0 Å². The van der Waals surface area contributed by atoms with Crippen LogP contribution in [0.4, 0.5) is 0 Å². The van der Waals surface area contributed by atoms with Crippen LogP contribution in [0.3, 0.4) is 0 Å². The zero-order valence-corrected chi connectivity index (χ0v) is 22.5. The van der Waals surface area contributed by atoms with E-state index in [1.54, 1.807) is 30.3 Å². The molecule has 0 aliphatic carbocycles. The number of hydrogen-bond acceptors (Lipinski definition) is 7. The molecule has 0 aromatic heterocycles. The lowest BCUT2D eigenvalue weighted by atomic mass is 9.88. The molecule has 0 saturated heterocycles. The number of unbranched alkanes of at least 4 members (excludes halogenated alkanes) is 2. The maximum Gasteiger partial charge on any atom is 0.243 e. The fourth-order valence-corrected chi connectivity index (χ4v) is 4.40. The molecular formula is C28H40N8O4. The average Bonchev–Trinajstić information content (AvgIpc) is 3.30. The number of guanidine groups is 2. The van der Waals surface area contributed by atoms with Crippen molar-refractivity contribution in [1.29, 1.82) is 0 Å². The summed E-state index contributed by atoms with van der Waals surface area (Å²) in [6.45, 7) is 2.12. The molecule has 0 saturated carbocycles. The third kappa shape index (κ3) is 9.47. The van der Waals surface area contributed by atoms with Gasteiger partial charge in [0.25, 0.3) is 0 Å². The third-order valence-corrected chi connectivity index (χ3v) is 6.37. The molecule has 12 N–H and O–H groups in total. The number of amides is 1. The SMILES string of the molecule is NC(N)=NCCCCNC(=O)/C=C/c1ccc2c(c1)C(C(O)NCCCCN=C(N)N)[C@H](c1ccc(O)cc1)O2. The van der Waals surface area contributed by atoms with Crippen molar-refractivity contribution in [3.8, 4) is 11.5 Å². The minimum absolute atomic E-state index is 0.0613. The molecule has 1 aliphatic rings. The normalized spacial score (nSPS) is 16.6. The lowest BCUT2D eigenvalue weighted by Gasteiger charge is -2.25. The highest BCUT2D eigenvalue weighted by Crippen LogP contribution is 2.48. The van der Waals surface area contributed by atoms with Gasteiger partial charge in [-0.05, 0) is 73.7 Å². The van der Waals surface area contributed by atoms with E-state index >= 15 is 0 Å². The Labute approximate surface area is 234 Å². The van der Waals surface area contributed by atoms with Crippen molar-refractivity contribution >= 4 is 23.9 Å². The number of benzene rings is 2. The molecule has 2 unspecified atom stereocenters. The van der Waals surface area contributed by atoms with Gasteiger partial charge in [0.15, 0.2) is 11.9 Å². The molecule has 0 spiro atoms. The number of aliphatic imine (C=N–C) groups is 2. The molecule has 12 nitrogen and oxygen atoms in total. The predicted molar refractivity (Wildman–Crippen MR) is 157 cm³/mol. The van der Waals surface area contributed by atoms with Gasteiger partial charge in [-0.15, -0.1) is 0 Å². The van der Waals surface area contributed by atoms with E-state index in [4.69, 9.17) is 27.7 Å². The number of phenols is 1. The van der Waals surface area contributed by atoms with Crippen molar-refractivity contribution in [2.75, 3.05) is 26.2 Å². The number of nitrogens with zero attached hydrogens (tertiary/aromatic N) is 2. The first kappa shape index (κ1) is 30.3. The van der Waals surface area contributed by atoms with E-state index in [1.807, 2.05) is 18.2 Å². The van der Waals surface area contributed by atoms with Gasteiger partial charge in [-0.25, -0.2) is 0 Å². The molecule has 1 heterocycles. The number of aliphatic hydroxyl groups excluding tert-OH is 1. The second-order valence-electron chi connectivity index (χ2n) is 9.50. The molecule has 2 aromatic carbocycles. The Balaban J connectivity index is 1.66. The average molecular weight is 553 g/mol. The maximum atomic E-state index is 12.3. The number of nitrogens with one attached hydrogen (secondary N) is 2. The molecule has 1 aliphatic heterocycles. The number of aliphatic hydroxyl groups is 1. The summed E-state index contributed by atoms with van der Waals surface area (Å²) in [5.41, 5.74) is 23.8. The second-order valence-corrected chi connectivity index (χ2v) is 9.50. The van der Waals surface area contributed by atoms with Crippen LogP contribution in [-0.4, -0.2) is 60.4 Å². The number of ether oxygens (including phenoxy) is 1. The monoisotopic (exact) mass is 552 g/mol. The highest BCUT2D eigenvalue weighted by molar-refractivity contribution is 5.91. The first-order valence-corrected chi connectivity index (χ1v) is 13.3. The summed E-state index contributed by atoms with van der Waals surface area (Å²) in [5, 5.41) is 27.0. The number of rotatable bonds is 15. The molecule has 3 atom stereocenters. The highest BCUT2D eigenvalue weighted by Gasteiger charge is 2.40. The number of fused-ring (bicyclic) bond motifs is 1. The summed E-state index contributed by atoms with van der Waals surface area (Å²) in [6.07, 6.45) is 4.88. The van der Waals surface area contributed by atoms with Crippen molar-refractivity contribution < 1.29 is 19.7 Å². The maximum absolute atomic E-state index is 12.3. The van der Waals surface area contributed by atoms with Crippen molar-refractivity contribution in [2.45, 2.75) is 43.9 Å². The molecule has 40 heavy (non-hydrogen) atoms. The second kappa shape index (κ2) is 15.3. The van der Waals surface area contributed by atoms with Crippen LogP contribution in [-0.2, 0) is 4.79 Å². The van der Waals surface area contributed by atoms with Crippen LogP contribution in [0.2, 0.25) is 0 Å². The fraction of sp³-hybridized carbons (Fsp3) is 0.393. The Hall–Kier alpha value is -4.29. The smallest absolute Gasteiger partial charge is 0.243 e. The summed E-state index contributed by atoms with van der Waals surface area (Å²) in [4.78, 5) is 20.2. The van der Waals surface area contributed by atoms with E-state index in [0.29, 0.717) is 31.9 Å². The largest absolute Gasteiger partial charge is 0.508 e. The zero-order valence-electron chi connectivity index (χ0n) is 22.5. The first-order valence-electron chi connectivity index (χ1n) is 13.3. The minimum Gasteiger partial charge on any atom is -0.508 e. The van der Waals surface area contributed by atoms with Gasteiger partial charge < -0.3 is 43.2 Å². The quantitative estimate of drug-likeness (QED) is 0.0513. The Morgan fingerprint density at radius 1 is 0.950 bits per heavy atom. The summed E-state index contributed by atoms with van der Waals surface area (Å²) in [6, 6.07) is 12.4. The molecule has 12 heteroatoms. The Morgan fingerprint density at radius 3 is 2.25 bits per heavy atom. The molecule has 2 aromatic rings. The van der Waals surface area contributed by atoms with E-state index in [1.165, 1.54) is 6.08 Å². The van der Waals surface area contributed by atoms with Crippen LogP contribution in [0.15, 0.2) is 58.5 Å². The topological polar surface area (TPSA) is 220 Å². The van der Waals surface area contributed by atoms with E-state index in [9.17, 15) is 15.0 Å². The van der Waals surface area contributed by atoms with Gasteiger partial charge in [-0.3, -0.25) is 20.1 Å². The molecule has 1 amide bonds. The predicted octanol–water partition coefficient (Wildman–Crippen LogP) is 0.754. The molecule has 0 bridgehead atoms. The van der Waals surface area contributed by atoms with Crippen LogP contribution in [0.1, 0.15) is 54.4 Å². The van der Waals surface area contributed by atoms with Gasteiger partial charge in [-0.2, -0.15) is 0 Å². The summed E-state index contributed by atoms with van der Waals surface area (Å²) < 4.78 is 6.26. The fourth-order valence-electron chi connectivity index (χ4n) is 4.40. The first-order chi connectivity index (χ1) is 19.2. The van der Waals surface area contributed by atoms with Gasteiger partial charge in [0, 0.05) is 31.3 Å². The minimum atomic E-state index is -0.912. The number of phenolic OH excluding ortho intramolecular Hbond substituents is 1. The van der Waals surface area contributed by atoms with Gasteiger partial charge >= 0.3 is 0 Å². The molecule has 216 valence electrons. The molecule has 3 rings (SSSR count). The third-order valence-electron chi connectivity index (χ3n) is 6.37. The standard InChI is InChI=1S/C28H40N8O4/c29-27(30)35-15-3-1-13-33-23(38)12-6-18-5-11-22-21(17-18)24(25(40-22)19-7-9-20(37)10-8-19)26(39)34-14-2-4-16-36-28(31)32/h5-12,17,24-26,34,37,39H,1-4,13-16H2,(H,33,38)(H4,29,30,35)(H4,31,32,36)/b12-6+/t24?,25-,26?/m0/s1. The van der Waals surface area contributed by atoms with Crippen LogP contribution >= 0.6 is 0 Å². The number of carbonyl (C=O) groups excluding carboxylic acids is 1. The van der Waals surface area contributed by atoms with Crippen molar-refractivity contribution in [3.63, 3.8) is 0 Å². The van der Waals surface area contributed by atoms with E-state index < -0.39 is 18.2 Å². The van der Waals surface area contributed by atoms with Gasteiger partial charge in [0.05, 0.1) is 5.92 Å². The summed E-state index contributed by atoms with van der Waals surface area (Å²) in [7, 11) is 0. The van der Waals surface area contributed by atoms with E-state index in [-0.39, 0.29) is 23.6 Å². The van der Waals surface area contributed by atoms with Crippen molar-refractivity contribution in [3.05, 3.63) is 65.2 Å². The number of nitrogens with two attached hydrogens (primary N) is 4. The zero-order chi connectivity index (χ0) is 28.9. The van der Waals surface area contributed by atoms with Crippen molar-refractivity contribution in [2.24, 2.45) is 32.9 Å². The van der Waals surface area contributed by atoms with E-state index in [2.05, 4.69) is 20.6 Å². The number of hydrogen-bond donors (Lipinski definition) is 8. The summed E-state index contributed by atoms with van der Waals surface area (Å²) in [5.74, 6) is 0.287. The van der Waals surface area contributed by atoms with E-state index in [0.717, 1.165) is 42.4 Å². The Morgan fingerprint density at radius 2 is 1.60 bits per heavy atom. The van der Waals surface area contributed by atoms with Crippen LogP contribution < -0.4 is 38.3 Å². The van der Waals surface area contributed by atoms with Crippen molar-refractivity contribution in [1.82, 2.24) is 10.6 Å². The molecule has 0 radical (unpaired) electrons. The lowest BCUT2D eigenvalue weighted by Crippen LogP contribution is -2.37. The Bertz CT molecular complexity index is 1190. The van der Waals surface area contributed by atoms with Gasteiger partial charge in [0.1, 0.15) is 23.8 Å². The van der Waals surface area contributed by atoms with Gasteiger partial charge in [-0.1, -0.05) is 18.2 Å². The molecular weight excluding hydrogens is 512 g/mol. The number of carbonyl (C=O) groups is 1.